The molecule has 2 aliphatic heterocycles. The molecule has 23 heavy (non-hydrogen) atoms. The Labute approximate surface area is 132 Å². The summed E-state index contributed by atoms with van der Waals surface area (Å²) < 4.78 is 12.0. The van der Waals surface area contributed by atoms with E-state index >= 15 is 0 Å². The van der Waals surface area contributed by atoms with Gasteiger partial charge in [-0.3, -0.25) is 0 Å². The maximum atomic E-state index is 9.66. The van der Waals surface area contributed by atoms with Gasteiger partial charge in [-0.2, -0.15) is 0 Å². The molecule has 4 rings (SSSR count). The van der Waals surface area contributed by atoms with Crippen molar-refractivity contribution in [3.8, 4) is 34.5 Å². The SMILES string of the molecule is Oc1cc2c(cc1O)OC1(CC2)CCc2cc(O)c(O)cc2O1. The van der Waals surface area contributed by atoms with Crippen LogP contribution in [0.2, 0.25) is 0 Å². The third-order valence-electron chi connectivity index (χ3n) is 4.46. The Bertz CT molecular complexity index is 731. The minimum absolute atomic E-state index is 0.168. The van der Waals surface area contributed by atoms with E-state index in [9.17, 15) is 20.4 Å². The van der Waals surface area contributed by atoms with Gasteiger partial charge in [-0.15, -0.1) is 0 Å². The van der Waals surface area contributed by atoms with Gasteiger partial charge in [0.15, 0.2) is 23.0 Å². The van der Waals surface area contributed by atoms with Crippen molar-refractivity contribution >= 4 is 0 Å². The molecule has 0 atom stereocenters. The fraction of sp³-hybridized carbons (Fsp3) is 0.294. The number of phenols is 4. The van der Waals surface area contributed by atoms with Crippen LogP contribution in [-0.4, -0.2) is 26.2 Å². The van der Waals surface area contributed by atoms with Crippen molar-refractivity contribution in [2.75, 3.05) is 0 Å². The van der Waals surface area contributed by atoms with Crippen LogP contribution in [0.3, 0.4) is 0 Å². The third kappa shape index (κ3) is 2.18. The summed E-state index contributed by atoms with van der Waals surface area (Å²) in [6.45, 7) is 0. The lowest BCUT2D eigenvalue weighted by molar-refractivity contribution is -0.139. The van der Waals surface area contributed by atoms with Crippen LogP contribution in [0.15, 0.2) is 24.3 Å². The van der Waals surface area contributed by atoms with Gasteiger partial charge in [0.2, 0.25) is 0 Å². The second-order valence-electron chi connectivity index (χ2n) is 6.01. The Morgan fingerprint density at radius 1 is 0.652 bits per heavy atom. The number of benzene rings is 2. The average molecular weight is 316 g/mol. The van der Waals surface area contributed by atoms with Gasteiger partial charge in [-0.05, 0) is 36.1 Å². The van der Waals surface area contributed by atoms with Gasteiger partial charge < -0.3 is 29.9 Å². The number of rotatable bonds is 0. The number of fused-ring (bicyclic) bond motifs is 2. The molecule has 0 aliphatic carbocycles. The molecule has 0 radical (unpaired) electrons. The van der Waals surface area contributed by atoms with Crippen molar-refractivity contribution < 1.29 is 29.9 Å². The maximum absolute atomic E-state index is 9.66. The number of aryl methyl sites for hydroxylation is 2. The van der Waals surface area contributed by atoms with Gasteiger partial charge >= 0.3 is 0 Å². The van der Waals surface area contributed by atoms with Crippen molar-refractivity contribution in [2.24, 2.45) is 0 Å². The molecule has 6 heteroatoms. The Hall–Kier alpha value is -2.76. The van der Waals surface area contributed by atoms with E-state index in [4.69, 9.17) is 9.47 Å². The zero-order valence-electron chi connectivity index (χ0n) is 12.2. The number of hydrogen-bond donors (Lipinski definition) is 4. The summed E-state index contributed by atoms with van der Waals surface area (Å²) in [6, 6.07) is 5.77. The van der Waals surface area contributed by atoms with Crippen molar-refractivity contribution in [3.63, 3.8) is 0 Å². The summed E-state index contributed by atoms with van der Waals surface area (Å²) in [5.41, 5.74) is 1.63. The molecule has 2 heterocycles. The quantitative estimate of drug-likeness (QED) is 0.558. The molecular weight excluding hydrogens is 300 g/mol. The van der Waals surface area contributed by atoms with E-state index in [1.54, 1.807) is 0 Å². The molecule has 1 spiro atoms. The highest BCUT2D eigenvalue weighted by atomic mass is 16.7. The minimum atomic E-state index is -0.868. The molecule has 0 bridgehead atoms. The zero-order chi connectivity index (χ0) is 16.2. The highest BCUT2D eigenvalue weighted by Crippen LogP contribution is 2.46. The monoisotopic (exact) mass is 316 g/mol. The van der Waals surface area contributed by atoms with Crippen molar-refractivity contribution in [1.29, 1.82) is 0 Å². The topological polar surface area (TPSA) is 99.4 Å². The molecule has 0 unspecified atom stereocenters. The molecule has 2 aliphatic rings. The van der Waals surface area contributed by atoms with E-state index in [0.29, 0.717) is 37.2 Å². The molecule has 0 aromatic heterocycles. The smallest absolute Gasteiger partial charge is 0.251 e. The summed E-state index contributed by atoms with van der Waals surface area (Å²) in [6.07, 6.45) is 2.46. The molecule has 0 saturated carbocycles. The van der Waals surface area contributed by atoms with E-state index in [1.165, 1.54) is 24.3 Å². The summed E-state index contributed by atoms with van der Waals surface area (Å²) in [7, 11) is 0. The van der Waals surface area contributed by atoms with Gasteiger partial charge in [0, 0.05) is 25.0 Å². The Morgan fingerprint density at radius 3 is 1.48 bits per heavy atom. The fourth-order valence-corrected chi connectivity index (χ4v) is 3.18. The maximum Gasteiger partial charge on any atom is 0.251 e. The van der Waals surface area contributed by atoms with Crippen LogP contribution in [0.5, 0.6) is 34.5 Å². The molecule has 2 aromatic rings. The van der Waals surface area contributed by atoms with E-state index in [-0.39, 0.29) is 23.0 Å². The van der Waals surface area contributed by atoms with Crippen LogP contribution in [-0.2, 0) is 12.8 Å². The first-order valence-corrected chi connectivity index (χ1v) is 7.43. The highest BCUT2D eigenvalue weighted by Gasteiger charge is 2.42. The Kier molecular flexibility index (Phi) is 2.78. The van der Waals surface area contributed by atoms with Crippen LogP contribution in [0.4, 0.5) is 0 Å². The van der Waals surface area contributed by atoms with Gasteiger partial charge in [0.25, 0.3) is 5.79 Å². The predicted molar refractivity (Wildman–Crippen MR) is 80.2 cm³/mol. The molecular formula is C17H16O6. The number of aromatic hydroxyl groups is 4. The van der Waals surface area contributed by atoms with E-state index in [0.717, 1.165) is 11.1 Å². The standard InChI is InChI=1S/C17H16O6/c18-11-5-9-1-3-17(22-15(9)7-13(11)20)4-2-10-6-12(19)14(21)8-16(10)23-17/h5-8,18-21H,1-4H2. The molecule has 0 saturated heterocycles. The number of phenolic OH excluding ortho intramolecular Hbond substituents is 4. The van der Waals surface area contributed by atoms with Crippen molar-refractivity contribution in [2.45, 2.75) is 31.5 Å². The van der Waals surface area contributed by atoms with Crippen molar-refractivity contribution in [1.82, 2.24) is 0 Å². The van der Waals surface area contributed by atoms with Crippen LogP contribution in [0, 0.1) is 0 Å². The number of hydrogen-bond acceptors (Lipinski definition) is 6. The Morgan fingerprint density at radius 2 is 1.04 bits per heavy atom. The molecule has 6 nitrogen and oxygen atoms in total. The molecule has 4 N–H and O–H groups in total. The zero-order valence-corrected chi connectivity index (χ0v) is 12.2. The van der Waals surface area contributed by atoms with Crippen LogP contribution in [0.1, 0.15) is 24.0 Å². The fourth-order valence-electron chi connectivity index (χ4n) is 3.18. The lowest BCUT2D eigenvalue weighted by atomic mass is 9.91. The lowest BCUT2D eigenvalue weighted by Gasteiger charge is -2.41. The second-order valence-corrected chi connectivity index (χ2v) is 6.01. The lowest BCUT2D eigenvalue weighted by Crippen LogP contribution is -2.47. The van der Waals surface area contributed by atoms with Gasteiger partial charge in [-0.1, -0.05) is 0 Å². The first kappa shape index (κ1) is 13.9. The summed E-state index contributed by atoms with van der Waals surface area (Å²) in [5, 5.41) is 38.5. The van der Waals surface area contributed by atoms with E-state index < -0.39 is 5.79 Å². The first-order valence-electron chi connectivity index (χ1n) is 7.43. The average Bonchev–Trinajstić information content (AvgIpc) is 2.51. The Balaban J connectivity index is 1.68. The highest BCUT2D eigenvalue weighted by molar-refractivity contribution is 5.52. The summed E-state index contributed by atoms with van der Waals surface area (Å²) >= 11 is 0. The minimum Gasteiger partial charge on any atom is -0.504 e. The first-order chi connectivity index (χ1) is 11.0. The van der Waals surface area contributed by atoms with Crippen LogP contribution >= 0.6 is 0 Å². The second kappa shape index (κ2) is 4.62. The molecule has 2 aromatic carbocycles. The van der Waals surface area contributed by atoms with E-state index in [1.807, 2.05) is 0 Å². The molecule has 0 amide bonds. The van der Waals surface area contributed by atoms with Crippen LogP contribution in [0.25, 0.3) is 0 Å². The van der Waals surface area contributed by atoms with Gasteiger partial charge in [-0.25, -0.2) is 0 Å². The largest absolute Gasteiger partial charge is 0.504 e. The summed E-state index contributed by atoms with van der Waals surface area (Å²) in [5.74, 6) is -0.709. The summed E-state index contributed by atoms with van der Waals surface area (Å²) in [4.78, 5) is 0. The normalized spacial score (nSPS) is 17.7. The predicted octanol–water partition coefficient (Wildman–Crippen LogP) is 2.56. The van der Waals surface area contributed by atoms with Gasteiger partial charge in [0.1, 0.15) is 11.5 Å². The van der Waals surface area contributed by atoms with Crippen molar-refractivity contribution in [3.05, 3.63) is 35.4 Å². The third-order valence-corrected chi connectivity index (χ3v) is 4.46. The molecule has 0 fully saturated rings. The number of ether oxygens (including phenoxy) is 2. The molecule has 120 valence electrons. The van der Waals surface area contributed by atoms with Gasteiger partial charge in [0.05, 0.1) is 0 Å². The van der Waals surface area contributed by atoms with E-state index in [2.05, 4.69) is 0 Å². The van der Waals surface area contributed by atoms with Crippen LogP contribution < -0.4 is 9.47 Å².